The van der Waals surface area contributed by atoms with Crippen molar-refractivity contribution < 1.29 is 4.79 Å². The van der Waals surface area contributed by atoms with E-state index in [-0.39, 0.29) is 11.8 Å². The van der Waals surface area contributed by atoms with Crippen LogP contribution in [0, 0.1) is 5.92 Å². The van der Waals surface area contributed by atoms with Crippen LogP contribution in [0.1, 0.15) is 43.2 Å². The molecule has 1 N–H and O–H groups in total. The van der Waals surface area contributed by atoms with Crippen molar-refractivity contribution >= 4 is 11.9 Å². The van der Waals surface area contributed by atoms with Gasteiger partial charge in [-0.3, -0.25) is 9.69 Å². The number of likely N-dealkylation sites (tertiary alicyclic amines) is 1. The summed E-state index contributed by atoms with van der Waals surface area (Å²) >= 11 is 0. The number of nitrogens with zero attached hydrogens (tertiary/aromatic N) is 4. The Balaban J connectivity index is 1.25. The minimum absolute atomic E-state index is 0.00840. The monoisotopic (exact) mass is 393 g/mol. The lowest BCUT2D eigenvalue weighted by atomic mass is 9.97. The number of carbonyl (C=O) groups excluding carboxylic acids is 1. The molecule has 2 aromatic rings. The number of piperidine rings is 2. The van der Waals surface area contributed by atoms with Gasteiger partial charge in [-0.05, 0) is 56.0 Å². The first-order valence-electron chi connectivity index (χ1n) is 10.9. The summed E-state index contributed by atoms with van der Waals surface area (Å²) in [6.45, 7) is 5.64. The fourth-order valence-electron chi connectivity index (χ4n) is 4.30. The van der Waals surface area contributed by atoms with Crippen molar-refractivity contribution in [1.82, 2.24) is 20.2 Å². The summed E-state index contributed by atoms with van der Waals surface area (Å²) in [4.78, 5) is 26.0. The summed E-state index contributed by atoms with van der Waals surface area (Å²) in [5.74, 6) is 0.836. The first kappa shape index (κ1) is 19.8. The molecule has 1 amide bonds. The van der Waals surface area contributed by atoms with Crippen molar-refractivity contribution in [2.45, 2.75) is 45.2 Å². The quantitative estimate of drug-likeness (QED) is 0.818. The zero-order valence-corrected chi connectivity index (χ0v) is 17.1. The van der Waals surface area contributed by atoms with E-state index >= 15 is 0 Å². The minimum atomic E-state index is -0.00840. The van der Waals surface area contributed by atoms with Gasteiger partial charge >= 0.3 is 0 Å². The first-order chi connectivity index (χ1) is 14.3. The van der Waals surface area contributed by atoms with Gasteiger partial charge in [0.15, 0.2) is 0 Å². The maximum absolute atomic E-state index is 12.7. The molecule has 3 heterocycles. The smallest absolute Gasteiger partial charge is 0.225 e. The van der Waals surface area contributed by atoms with Crippen LogP contribution in [-0.4, -0.2) is 47.0 Å². The van der Waals surface area contributed by atoms with Gasteiger partial charge < -0.3 is 10.2 Å². The number of amides is 1. The summed E-state index contributed by atoms with van der Waals surface area (Å²) in [5, 5.41) is 3.12. The minimum Gasteiger partial charge on any atom is -0.352 e. The Morgan fingerprint density at radius 1 is 0.966 bits per heavy atom. The molecule has 6 nitrogen and oxygen atoms in total. The Morgan fingerprint density at radius 3 is 2.45 bits per heavy atom. The van der Waals surface area contributed by atoms with E-state index in [2.05, 4.69) is 49.4 Å². The molecule has 0 spiro atoms. The van der Waals surface area contributed by atoms with Crippen molar-refractivity contribution in [2.24, 2.45) is 5.92 Å². The molecule has 154 valence electrons. The lowest BCUT2D eigenvalue weighted by molar-refractivity contribution is -0.125. The Hall–Kier alpha value is -2.47. The van der Waals surface area contributed by atoms with Crippen LogP contribution in [-0.2, 0) is 17.9 Å². The highest BCUT2D eigenvalue weighted by molar-refractivity contribution is 5.79. The van der Waals surface area contributed by atoms with Crippen LogP contribution in [0.15, 0.2) is 42.7 Å². The fraction of sp³-hybridized carbons (Fsp3) is 0.522. The zero-order chi connectivity index (χ0) is 19.9. The maximum Gasteiger partial charge on any atom is 0.225 e. The number of anilines is 1. The molecule has 0 aliphatic carbocycles. The van der Waals surface area contributed by atoms with Crippen molar-refractivity contribution in [3.63, 3.8) is 0 Å². The van der Waals surface area contributed by atoms with E-state index in [1.165, 1.54) is 37.9 Å². The summed E-state index contributed by atoms with van der Waals surface area (Å²) in [6.07, 6.45) is 9.41. The number of benzene rings is 1. The molecule has 2 fully saturated rings. The molecular formula is C23H31N5O. The maximum atomic E-state index is 12.7. The van der Waals surface area contributed by atoms with E-state index in [4.69, 9.17) is 0 Å². The highest BCUT2D eigenvalue weighted by Gasteiger charge is 2.26. The Kier molecular flexibility index (Phi) is 6.72. The van der Waals surface area contributed by atoms with E-state index in [1.54, 1.807) is 12.4 Å². The zero-order valence-electron chi connectivity index (χ0n) is 17.1. The molecule has 1 atom stereocenters. The average Bonchev–Trinajstić information content (AvgIpc) is 2.80. The number of hydrogen-bond acceptors (Lipinski definition) is 5. The number of nitrogens with one attached hydrogen (secondary N) is 1. The lowest BCUT2D eigenvalue weighted by Gasteiger charge is -2.31. The van der Waals surface area contributed by atoms with Gasteiger partial charge in [0.25, 0.3) is 0 Å². The second-order valence-corrected chi connectivity index (χ2v) is 8.21. The molecule has 1 unspecified atom stereocenters. The summed E-state index contributed by atoms with van der Waals surface area (Å²) in [6, 6.07) is 10.5. The second kappa shape index (κ2) is 9.83. The van der Waals surface area contributed by atoms with Crippen LogP contribution in [0.25, 0.3) is 0 Å². The number of carbonyl (C=O) groups is 1. The van der Waals surface area contributed by atoms with E-state index < -0.39 is 0 Å². The van der Waals surface area contributed by atoms with Gasteiger partial charge in [0.2, 0.25) is 11.9 Å². The normalized spacial score (nSPS) is 20.4. The van der Waals surface area contributed by atoms with E-state index in [9.17, 15) is 4.79 Å². The highest BCUT2D eigenvalue weighted by Crippen LogP contribution is 2.20. The molecule has 2 aliphatic heterocycles. The molecule has 6 heteroatoms. The van der Waals surface area contributed by atoms with E-state index in [1.807, 2.05) is 6.07 Å². The van der Waals surface area contributed by atoms with Gasteiger partial charge in [0.05, 0.1) is 5.92 Å². The van der Waals surface area contributed by atoms with Crippen LogP contribution >= 0.6 is 0 Å². The third kappa shape index (κ3) is 5.54. The SMILES string of the molecule is O=C(NCc1ccc(CN2CCCCC2)cc1)C1CCCN(c2ncccn2)C1. The van der Waals surface area contributed by atoms with Crippen LogP contribution < -0.4 is 10.2 Å². The van der Waals surface area contributed by atoms with Gasteiger partial charge in [0.1, 0.15) is 0 Å². The van der Waals surface area contributed by atoms with Crippen molar-refractivity contribution in [1.29, 1.82) is 0 Å². The molecule has 1 aromatic carbocycles. The standard InChI is InChI=1S/C23H31N5O/c29-22(21-6-4-15-28(18-21)23-24-11-5-12-25-23)26-16-19-7-9-20(10-8-19)17-27-13-2-1-3-14-27/h5,7-12,21H,1-4,6,13-18H2,(H,26,29). The molecule has 0 saturated carbocycles. The fourth-order valence-corrected chi connectivity index (χ4v) is 4.30. The van der Waals surface area contributed by atoms with E-state index in [0.717, 1.165) is 31.5 Å². The summed E-state index contributed by atoms with van der Waals surface area (Å²) < 4.78 is 0. The Morgan fingerprint density at radius 2 is 1.69 bits per heavy atom. The Bertz CT molecular complexity index is 774. The molecular weight excluding hydrogens is 362 g/mol. The van der Waals surface area contributed by atoms with Gasteiger partial charge in [0, 0.05) is 38.6 Å². The van der Waals surface area contributed by atoms with Crippen LogP contribution in [0.2, 0.25) is 0 Å². The largest absolute Gasteiger partial charge is 0.352 e. The third-order valence-electron chi connectivity index (χ3n) is 5.97. The molecule has 29 heavy (non-hydrogen) atoms. The molecule has 0 bridgehead atoms. The van der Waals surface area contributed by atoms with Gasteiger partial charge in [-0.25, -0.2) is 9.97 Å². The van der Waals surface area contributed by atoms with Gasteiger partial charge in [-0.1, -0.05) is 30.7 Å². The molecule has 0 radical (unpaired) electrons. The molecule has 2 aliphatic rings. The van der Waals surface area contributed by atoms with Crippen molar-refractivity contribution in [3.8, 4) is 0 Å². The van der Waals surface area contributed by atoms with Crippen LogP contribution in [0.4, 0.5) is 5.95 Å². The van der Waals surface area contributed by atoms with Crippen LogP contribution in [0.5, 0.6) is 0 Å². The van der Waals surface area contributed by atoms with Crippen LogP contribution in [0.3, 0.4) is 0 Å². The summed E-state index contributed by atoms with van der Waals surface area (Å²) in [7, 11) is 0. The first-order valence-corrected chi connectivity index (χ1v) is 10.9. The van der Waals surface area contributed by atoms with E-state index in [0.29, 0.717) is 19.0 Å². The molecule has 2 saturated heterocycles. The molecule has 4 rings (SSSR count). The number of hydrogen-bond donors (Lipinski definition) is 1. The predicted octanol–water partition coefficient (Wildman–Crippen LogP) is 3.00. The Labute approximate surface area is 173 Å². The summed E-state index contributed by atoms with van der Waals surface area (Å²) in [5.41, 5.74) is 2.51. The van der Waals surface area contributed by atoms with Gasteiger partial charge in [-0.2, -0.15) is 0 Å². The second-order valence-electron chi connectivity index (χ2n) is 8.21. The highest BCUT2D eigenvalue weighted by atomic mass is 16.1. The number of aromatic nitrogens is 2. The topological polar surface area (TPSA) is 61.4 Å². The van der Waals surface area contributed by atoms with Gasteiger partial charge in [-0.15, -0.1) is 0 Å². The average molecular weight is 394 g/mol. The van der Waals surface area contributed by atoms with Crippen molar-refractivity contribution in [2.75, 3.05) is 31.1 Å². The lowest BCUT2D eigenvalue weighted by Crippen LogP contribution is -2.43. The third-order valence-corrected chi connectivity index (χ3v) is 5.97. The number of rotatable bonds is 6. The predicted molar refractivity (Wildman–Crippen MR) is 114 cm³/mol. The molecule has 1 aromatic heterocycles. The van der Waals surface area contributed by atoms with Crippen molar-refractivity contribution in [3.05, 3.63) is 53.9 Å².